The molecule has 6 nitrogen and oxygen atoms in total. The van der Waals surface area contributed by atoms with Crippen LogP contribution in [0.25, 0.3) is 10.9 Å². The van der Waals surface area contributed by atoms with E-state index in [1.54, 1.807) is 7.11 Å². The average Bonchev–Trinajstić information content (AvgIpc) is 3.12. The fourth-order valence-electron chi connectivity index (χ4n) is 4.02. The van der Waals surface area contributed by atoms with E-state index >= 15 is 0 Å². The van der Waals surface area contributed by atoms with Gasteiger partial charge in [0.15, 0.2) is 11.5 Å². The number of aromatic nitrogens is 1. The maximum Gasteiger partial charge on any atom is 0.257 e. The van der Waals surface area contributed by atoms with Gasteiger partial charge in [0.05, 0.1) is 18.2 Å². The van der Waals surface area contributed by atoms with Crippen molar-refractivity contribution < 1.29 is 14.3 Å². The summed E-state index contributed by atoms with van der Waals surface area (Å²) in [7, 11) is 5.60. The van der Waals surface area contributed by atoms with E-state index in [4.69, 9.17) is 9.47 Å². The second-order valence-corrected chi connectivity index (χ2v) is 7.99. The Morgan fingerprint density at radius 1 is 1.13 bits per heavy atom. The molecule has 0 saturated heterocycles. The van der Waals surface area contributed by atoms with Crippen molar-refractivity contribution in [3.63, 3.8) is 0 Å². The molecule has 1 aromatic heterocycles. The number of amides is 1. The van der Waals surface area contributed by atoms with Gasteiger partial charge in [-0.25, -0.2) is 0 Å². The van der Waals surface area contributed by atoms with Gasteiger partial charge in [-0.3, -0.25) is 4.79 Å². The summed E-state index contributed by atoms with van der Waals surface area (Å²) < 4.78 is 11.3. The van der Waals surface area contributed by atoms with Crippen molar-refractivity contribution in [2.24, 2.45) is 0 Å². The topological polar surface area (TPSA) is 66.6 Å². The molecule has 1 heterocycles. The van der Waals surface area contributed by atoms with Crippen molar-refractivity contribution >= 4 is 22.5 Å². The number of hydrogen-bond acceptors (Lipinski definition) is 4. The van der Waals surface area contributed by atoms with Crippen molar-refractivity contribution in [2.45, 2.75) is 25.7 Å². The molecule has 1 amide bonds. The number of nitrogens with zero attached hydrogens (tertiary/aromatic N) is 1. The molecule has 30 heavy (non-hydrogen) atoms. The highest BCUT2D eigenvalue weighted by Crippen LogP contribution is 2.33. The zero-order valence-corrected chi connectivity index (χ0v) is 17.9. The van der Waals surface area contributed by atoms with Crippen LogP contribution in [0.15, 0.2) is 36.4 Å². The van der Waals surface area contributed by atoms with Gasteiger partial charge in [0, 0.05) is 29.4 Å². The molecule has 1 aliphatic carbocycles. The fraction of sp³-hybridized carbons (Fsp3) is 0.375. The van der Waals surface area contributed by atoms with Gasteiger partial charge in [-0.2, -0.15) is 0 Å². The lowest BCUT2D eigenvalue weighted by atomic mass is 9.95. The van der Waals surface area contributed by atoms with Crippen LogP contribution in [0.2, 0.25) is 0 Å². The van der Waals surface area contributed by atoms with Crippen molar-refractivity contribution in [3.05, 3.63) is 53.2 Å². The second-order valence-electron chi connectivity index (χ2n) is 7.99. The SMILES string of the molecule is COc1ccc(NC(=O)c2cccc3c4c([nH]c23)CCCC4)cc1OCCN(C)C. The summed E-state index contributed by atoms with van der Waals surface area (Å²) >= 11 is 0. The third-order valence-electron chi connectivity index (χ3n) is 5.60. The minimum atomic E-state index is -0.136. The van der Waals surface area contributed by atoms with Crippen LogP contribution < -0.4 is 14.8 Å². The molecule has 0 spiro atoms. The first-order valence-corrected chi connectivity index (χ1v) is 10.5. The Hall–Kier alpha value is -2.99. The predicted octanol–water partition coefficient (Wildman–Crippen LogP) is 4.25. The molecule has 0 bridgehead atoms. The van der Waals surface area contributed by atoms with Crippen LogP contribution in [0.3, 0.4) is 0 Å². The molecule has 0 saturated carbocycles. The van der Waals surface area contributed by atoms with E-state index in [2.05, 4.69) is 21.3 Å². The second kappa shape index (κ2) is 8.79. The van der Waals surface area contributed by atoms with Gasteiger partial charge in [0.25, 0.3) is 5.91 Å². The first kappa shape index (κ1) is 20.3. The smallest absolute Gasteiger partial charge is 0.257 e. The number of benzene rings is 2. The number of rotatable bonds is 7. The highest BCUT2D eigenvalue weighted by atomic mass is 16.5. The monoisotopic (exact) mass is 407 g/mol. The van der Waals surface area contributed by atoms with Gasteiger partial charge in [0.2, 0.25) is 0 Å². The minimum Gasteiger partial charge on any atom is -0.493 e. The highest BCUT2D eigenvalue weighted by molar-refractivity contribution is 6.12. The molecule has 0 fully saturated rings. The Balaban J connectivity index is 1.57. The van der Waals surface area contributed by atoms with Crippen molar-refractivity contribution in [2.75, 3.05) is 39.7 Å². The number of nitrogens with one attached hydrogen (secondary N) is 2. The molecule has 0 radical (unpaired) electrons. The number of H-pyrrole nitrogens is 1. The van der Waals surface area contributed by atoms with E-state index in [0.717, 1.165) is 24.9 Å². The molecule has 2 N–H and O–H groups in total. The van der Waals surface area contributed by atoms with Crippen LogP contribution >= 0.6 is 0 Å². The number of para-hydroxylation sites is 1. The van der Waals surface area contributed by atoms with Crippen LogP contribution in [-0.4, -0.2) is 50.1 Å². The Labute approximate surface area is 177 Å². The molecular formula is C24H29N3O3. The molecule has 1 aliphatic rings. The van der Waals surface area contributed by atoms with Crippen LogP contribution in [0.5, 0.6) is 11.5 Å². The van der Waals surface area contributed by atoms with E-state index in [1.165, 1.54) is 29.5 Å². The van der Waals surface area contributed by atoms with Gasteiger partial charge in [-0.1, -0.05) is 12.1 Å². The summed E-state index contributed by atoms with van der Waals surface area (Å²) in [6.07, 6.45) is 4.53. The Bertz CT molecular complexity index is 1060. The lowest BCUT2D eigenvalue weighted by molar-refractivity contribution is 0.102. The number of likely N-dealkylation sites (N-methyl/N-ethyl adjacent to an activating group) is 1. The van der Waals surface area contributed by atoms with Gasteiger partial charge in [0.1, 0.15) is 6.61 Å². The van der Waals surface area contributed by atoms with Crippen molar-refractivity contribution in [3.8, 4) is 11.5 Å². The number of ether oxygens (including phenoxy) is 2. The molecule has 2 aromatic carbocycles. The zero-order valence-electron chi connectivity index (χ0n) is 17.9. The summed E-state index contributed by atoms with van der Waals surface area (Å²) in [4.78, 5) is 18.7. The Morgan fingerprint density at radius 3 is 2.77 bits per heavy atom. The van der Waals surface area contributed by atoms with Crippen LogP contribution in [-0.2, 0) is 12.8 Å². The largest absolute Gasteiger partial charge is 0.493 e. The molecule has 0 atom stereocenters. The van der Waals surface area contributed by atoms with E-state index < -0.39 is 0 Å². The van der Waals surface area contributed by atoms with E-state index in [9.17, 15) is 4.79 Å². The maximum atomic E-state index is 13.1. The number of aromatic amines is 1. The Morgan fingerprint density at radius 2 is 1.97 bits per heavy atom. The molecule has 6 heteroatoms. The number of fused-ring (bicyclic) bond motifs is 3. The standard InChI is InChI=1S/C24H29N3O3/c1-27(2)13-14-30-22-15-16(11-12-21(22)29-3)25-24(28)19-9-6-8-18-17-7-4-5-10-20(17)26-23(18)19/h6,8-9,11-12,15,26H,4-5,7,10,13-14H2,1-3H3,(H,25,28). The average molecular weight is 408 g/mol. The lowest BCUT2D eigenvalue weighted by Crippen LogP contribution is -2.19. The number of anilines is 1. The van der Waals surface area contributed by atoms with Crippen LogP contribution in [0, 0.1) is 0 Å². The summed E-state index contributed by atoms with van der Waals surface area (Å²) in [5.41, 5.74) is 4.91. The van der Waals surface area contributed by atoms with Crippen LogP contribution in [0.1, 0.15) is 34.5 Å². The number of aryl methyl sites for hydroxylation is 2. The van der Waals surface area contributed by atoms with E-state index in [0.29, 0.717) is 29.4 Å². The quantitative estimate of drug-likeness (QED) is 0.615. The van der Waals surface area contributed by atoms with Crippen LogP contribution in [0.4, 0.5) is 5.69 Å². The molecule has 0 aliphatic heterocycles. The van der Waals surface area contributed by atoms with E-state index in [-0.39, 0.29) is 5.91 Å². The number of methoxy groups -OCH3 is 1. The fourth-order valence-corrected chi connectivity index (χ4v) is 4.02. The van der Waals surface area contributed by atoms with Crippen molar-refractivity contribution in [1.29, 1.82) is 0 Å². The van der Waals surface area contributed by atoms with Gasteiger partial charge in [-0.15, -0.1) is 0 Å². The molecule has 158 valence electrons. The van der Waals surface area contributed by atoms with E-state index in [1.807, 2.05) is 44.4 Å². The summed E-state index contributed by atoms with van der Waals surface area (Å²) in [6, 6.07) is 11.4. The lowest BCUT2D eigenvalue weighted by Gasteiger charge is -2.15. The zero-order chi connectivity index (χ0) is 21.1. The van der Waals surface area contributed by atoms with Gasteiger partial charge >= 0.3 is 0 Å². The first-order chi connectivity index (χ1) is 14.6. The molecular weight excluding hydrogens is 378 g/mol. The van der Waals surface area contributed by atoms with Gasteiger partial charge < -0.3 is 24.7 Å². The summed E-state index contributed by atoms with van der Waals surface area (Å²) in [5.74, 6) is 1.13. The Kier molecular flexibility index (Phi) is 5.95. The summed E-state index contributed by atoms with van der Waals surface area (Å²) in [5, 5.41) is 4.18. The number of hydrogen-bond donors (Lipinski definition) is 2. The molecule has 3 aromatic rings. The first-order valence-electron chi connectivity index (χ1n) is 10.5. The summed E-state index contributed by atoms with van der Waals surface area (Å²) in [6.45, 7) is 1.33. The maximum absolute atomic E-state index is 13.1. The molecule has 4 rings (SSSR count). The van der Waals surface area contributed by atoms with Crippen molar-refractivity contribution in [1.82, 2.24) is 9.88 Å². The minimum absolute atomic E-state index is 0.136. The highest BCUT2D eigenvalue weighted by Gasteiger charge is 2.19. The number of carbonyl (C=O) groups is 1. The van der Waals surface area contributed by atoms with Gasteiger partial charge in [-0.05, 0) is 63.5 Å². The normalized spacial score (nSPS) is 13.3. The predicted molar refractivity (Wildman–Crippen MR) is 120 cm³/mol. The number of carbonyl (C=O) groups excluding carboxylic acids is 1. The third-order valence-corrected chi connectivity index (χ3v) is 5.60. The molecule has 0 unspecified atom stereocenters. The third kappa shape index (κ3) is 4.14.